The summed E-state index contributed by atoms with van der Waals surface area (Å²) in [5, 5.41) is 13.7. The van der Waals surface area contributed by atoms with Gasteiger partial charge >= 0.3 is 11.8 Å². The van der Waals surface area contributed by atoms with Crippen molar-refractivity contribution in [2.24, 2.45) is 0 Å². The summed E-state index contributed by atoms with van der Waals surface area (Å²) in [4.78, 5) is 22.4. The quantitative estimate of drug-likeness (QED) is 0.528. The first-order chi connectivity index (χ1) is 7.59. The first-order valence-electron chi connectivity index (χ1n) is 5.45. The number of aliphatic hydroxyl groups excluding tert-OH is 1. The lowest BCUT2D eigenvalue weighted by atomic mass is 10.2. The van der Waals surface area contributed by atoms with Crippen LogP contribution in [-0.4, -0.2) is 48.8 Å². The summed E-state index contributed by atoms with van der Waals surface area (Å²) in [6.45, 7) is 2.69. The molecule has 1 heterocycles. The summed E-state index contributed by atoms with van der Waals surface area (Å²) in [5.41, 5.74) is 0. The zero-order chi connectivity index (χ0) is 12.0. The van der Waals surface area contributed by atoms with Crippen molar-refractivity contribution in [3.8, 4) is 0 Å². The average Bonchev–Trinajstić information content (AvgIpc) is 2.75. The van der Waals surface area contributed by atoms with Gasteiger partial charge in [0.15, 0.2) is 0 Å². The SMILES string of the molecule is C[C@H](O)CNC(=O)C(=O)NC[C@H]1CCCO1. The highest BCUT2D eigenvalue weighted by molar-refractivity contribution is 6.35. The van der Waals surface area contributed by atoms with Crippen LogP contribution in [0.3, 0.4) is 0 Å². The van der Waals surface area contributed by atoms with Crippen molar-refractivity contribution >= 4 is 11.8 Å². The Hall–Kier alpha value is -1.14. The van der Waals surface area contributed by atoms with Crippen molar-refractivity contribution in [3.63, 3.8) is 0 Å². The van der Waals surface area contributed by atoms with E-state index in [1.165, 1.54) is 6.92 Å². The Morgan fingerprint density at radius 2 is 2.12 bits per heavy atom. The molecule has 0 radical (unpaired) electrons. The topological polar surface area (TPSA) is 87.7 Å². The van der Waals surface area contributed by atoms with Gasteiger partial charge in [-0.25, -0.2) is 0 Å². The summed E-state index contributed by atoms with van der Waals surface area (Å²) in [6.07, 6.45) is 1.27. The molecule has 1 aliphatic heterocycles. The molecule has 0 aliphatic carbocycles. The van der Waals surface area contributed by atoms with Gasteiger partial charge in [-0.15, -0.1) is 0 Å². The summed E-state index contributed by atoms with van der Waals surface area (Å²) in [7, 11) is 0. The molecule has 1 fully saturated rings. The average molecular weight is 230 g/mol. The molecule has 6 heteroatoms. The number of hydrogen-bond donors (Lipinski definition) is 3. The van der Waals surface area contributed by atoms with Crippen molar-refractivity contribution in [3.05, 3.63) is 0 Å². The predicted octanol–water partition coefficient (Wildman–Crippen LogP) is -1.22. The highest BCUT2D eigenvalue weighted by Gasteiger charge is 2.19. The Morgan fingerprint density at radius 1 is 1.44 bits per heavy atom. The third-order valence-electron chi connectivity index (χ3n) is 2.28. The third kappa shape index (κ3) is 4.59. The van der Waals surface area contributed by atoms with Gasteiger partial charge in [-0.2, -0.15) is 0 Å². The van der Waals surface area contributed by atoms with Crippen LogP contribution in [0.4, 0.5) is 0 Å². The van der Waals surface area contributed by atoms with E-state index >= 15 is 0 Å². The molecule has 2 atom stereocenters. The first-order valence-corrected chi connectivity index (χ1v) is 5.45. The van der Waals surface area contributed by atoms with E-state index in [0.29, 0.717) is 6.54 Å². The van der Waals surface area contributed by atoms with Crippen LogP contribution in [0.15, 0.2) is 0 Å². The summed E-state index contributed by atoms with van der Waals surface area (Å²) in [5.74, 6) is -1.41. The number of rotatable bonds is 4. The highest BCUT2D eigenvalue weighted by Crippen LogP contribution is 2.10. The molecule has 0 saturated carbocycles. The number of nitrogens with one attached hydrogen (secondary N) is 2. The van der Waals surface area contributed by atoms with E-state index in [9.17, 15) is 9.59 Å². The molecule has 0 aromatic rings. The minimum absolute atomic E-state index is 0.0218. The second-order valence-electron chi connectivity index (χ2n) is 3.90. The maximum Gasteiger partial charge on any atom is 0.309 e. The minimum Gasteiger partial charge on any atom is -0.392 e. The summed E-state index contributed by atoms with van der Waals surface area (Å²) >= 11 is 0. The van der Waals surface area contributed by atoms with Gasteiger partial charge in [-0.1, -0.05) is 0 Å². The fourth-order valence-corrected chi connectivity index (χ4v) is 1.41. The Balaban J connectivity index is 2.15. The molecule has 0 spiro atoms. The number of amides is 2. The van der Waals surface area contributed by atoms with Crippen LogP contribution in [0.5, 0.6) is 0 Å². The molecule has 0 bridgehead atoms. The third-order valence-corrected chi connectivity index (χ3v) is 2.28. The first kappa shape index (κ1) is 12.9. The van der Waals surface area contributed by atoms with Gasteiger partial charge in [0.05, 0.1) is 12.2 Å². The lowest BCUT2D eigenvalue weighted by Crippen LogP contribution is -2.44. The Kier molecular flexibility index (Phi) is 5.21. The molecule has 3 N–H and O–H groups in total. The van der Waals surface area contributed by atoms with E-state index in [-0.39, 0.29) is 12.6 Å². The van der Waals surface area contributed by atoms with Gasteiger partial charge in [0.2, 0.25) is 0 Å². The van der Waals surface area contributed by atoms with E-state index in [4.69, 9.17) is 9.84 Å². The number of hydrogen-bond acceptors (Lipinski definition) is 4. The van der Waals surface area contributed by atoms with Gasteiger partial charge in [0, 0.05) is 19.7 Å². The van der Waals surface area contributed by atoms with E-state index in [1.54, 1.807) is 0 Å². The summed E-state index contributed by atoms with van der Waals surface area (Å²) in [6, 6.07) is 0. The van der Waals surface area contributed by atoms with Crippen LogP contribution >= 0.6 is 0 Å². The summed E-state index contributed by atoms with van der Waals surface area (Å²) < 4.78 is 5.29. The lowest BCUT2D eigenvalue weighted by Gasteiger charge is -2.11. The Labute approximate surface area is 94.3 Å². The second kappa shape index (κ2) is 6.44. The van der Waals surface area contributed by atoms with Crippen molar-refractivity contribution in [2.75, 3.05) is 19.7 Å². The van der Waals surface area contributed by atoms with Gasteiger partial charge in [-0.05, 0) is 19.8 Å². The molecule has 2 amide bonds. The van der Waals surface area contributed by atoms with Crippen molar-refractivity contribution in [2.45, 2.75) is 32.0 Å². The monoisotopic (exact) mass is 230 g/mol. The number of aliphatic hydroxyl groups is 1. The van der Waals surface area contributed by atoms with Crippen LogP contribution < -0.4 is 10.6 Å². The van der Waals surface area contributed by atoms with E-state index in [2.05, 4.69) is 10.6 Å². The zero-order valence-electron chi connectivity index (χ0n) is 9.36. The molecule has 0 unspecified atom stereocenters. The van der Waals surface area contributed by atoms with Crippen LogP contribution in [0, 0.1) is 0 Å². The molecule has 1 saturated heterocycles. The van der Waals surface area contributed by atoms with Gasteiger partial charge in [0.1, 0.15) is 0 Å². The molecule has 16 heavy (non-hydrogen) atoms. The highest BCUT2D eigenvalue weighted by atomic mass is 16.5. The molecule has 6 nitrogen and oxygen atoms in total. The number of carbonyl (C=O) groups is 2. The Bertz CT molecular complexity index is 249. The van der Waals surface area contributed by atoms with Crippen molar-refractivity contribution in [1.29, 1.82) is 0 Å². The predicted molar refractivity (Wildman–Crippen MR) is 56.7 cm³/mol. The van der Waals surface area contributed by atoms with Crippen molar-refractivity contribution in [1.82, 2.24) is 10.6 Å². The van der Waals surface area contributed by atoms with E-state index in [0.717, 1.165) is 19.4 Å². The molecule has 1 rings (SSSR count). The largest absolute Gasteiger partial charge is 0.392 e. The Morgan fingerprint density at radius 3 is 2.69 bits per heavy atom. The molecule has 0 aromatic heterocycles. The van der Waals surface area contributed by atoms with Crippen molar-refractivity contribution < 1.29 is 19.4 Å². The minimum atomic E-state index is -0.723. The zero-order valence-corrected chi connectivity index (χ0v) is 9.36. The van der Waals surface area contributed by atoms with Crippen LogP contribution in [0.1, 0.15) is 19.8 Å². The molecule has 1 aliphatic rings. The fraction of sp³-hybridized carbons (Fsp3) is 0.800. The maximum atomic E-state index is 11.3. The molecule has 0 aromatic carbocycles. The number of carbonyl (C=O) groups excluding carboxylic acids is 2. The van der Waals surface area contributed by atoms with Crippen LogP contribution in [0.25, 0.3) is 0 Å². The smallest absolute Gasteiger partial charge is 0.309 e. The standard InChI is InChI=1S/C10H18N2O4/c1-7(13)5-11-9(14)10(15)12-6-8-3-2-4-16-8/h7-8,13H,2-6H2,1H3,(H,11,14)(H,12,15)/t7-,8+/m0/s1. The molecule has 92 valence electrons. The van der Waals surface area contributed by atoms with E-state index < -0.39 is 17.9 Å². The maximum absolute atomic E-state index is 11.3. The normalized spacial score (nSPS) is 21.5. The van der Waals surface area contributed by atoms with Crippen LogP contribution in [-0.2, 0) is 14.3 Å². The fourth-order valence-electron chi connectivity index (χ4n) is 1.41. The molecular formula is C10H18N2O4. The van der Waals surface area contributed by atoms with Crippen LogP contribution in [0.2, 0.25) is 0 Å². The van der Waals surface area contributed by atoms with Gasteiger partial charge in [-0.3, -0.25) is 9.59 Å². The van der Waals surface area contributed by atoms with E-state index in [1.807, 2.05) is 0 Å². The second-order valence-corrected chi connectivity index (χ2v) is 3.90. The number of ether oxygens (including phenoxy) is 1. The van der Waals surface area contributed by atoms with Gasteiger partial charge < -0.3 is 20.5 Å². The lowest BCUT2D eigenvalue weighted by molar-refractivity contribution is -0.139. The molecular weight excluding hydrogens is 212 g/mol. The van der Waals surface area contributed by atoms with Gasteiger partial charge in [0.25, 0.3) is 0 Å².